The fraction of sp³-hybridized carbons (Fsp3) is 0.900. The molecule has 0 aliphatic carbocycles. The van der Waals surface area contributed by atoms with E-state index in [2.05, 4.69) is 10.2 Å². The van der Waals surface area contributed by atoms with Crippen molar-refractivity contribution >= 4 is 30.8 Å². The molecule has 1 rings (SSSR count). The number of carbonyl (C=O) groups is 1. The smallest absolute Gasteiger partial charge is 0.324 e. The van der Waals surface area contributed by atoms with E-state index in [1.54, 1.807) is 0 Å². The van der Waals surface area contributed by atoms with Gasteiger partial charge in [-0.05, 0) is 12.8 Å². The van der Waals surface area contributed by atoms with E-state index in [1.807, 2.05) is 20.8 Å². The van der Waals surface area contributed by atoms with Crippen molar-refractivity contribution in [3.05, 3.63) is 0 Å². The maximum atomic E-state index is 11.3. The van der Waals surface area contributed by atoms with E-state index in [4.69, 9.17) is 0 Å². The molecule has 4 nitrogen and oxygen atoms in total. The van der Waals surface area contributed by atoms with Crippen LogP contribution < -0.4 is 5.32 Å². The molecule has 0 radical (unpaired) electrons. The lowest BCUT2D eigenvalue weighted by Gasteiger charge is -2.43. The van der Waals surface area contributed by atoms with Crippen LogP contribution >= 0.6 is 24.8 Å². The summed E-state index contributed by atoms with van der Waals surface area (Å²) >= 11 is 0. The summed E-state index contributed by atoms with van der Waals surface area (Å²) in [6.45, 7) is 9.17. The number of halogens is 2. The molecule has 1 aliphatic rings. The van der Waals surface area contributed by atoms with Crippen LogP contribution in [0.3, 0.4) is 0 Å². The average molecular weight is 273 g/mol. The summed E-state index contributed by atoms with van der Waals surface area (Å²) in [5.74, 6) is -0.590. The topological polar surface area (TPSA) is 52.6 Å². The van der Waals surface area contributed by atoms with Gasteiger partial charge >= 0.3 is 5.97 Å². The fourth-order valence-corrected chi connectivity index (χ4v) is 1.88. The molecule has 98 valence electrons. The van der Waals surface area contributed by atoms with Crippen LogP contribution in [0.25, 0.3) is 0 Å². The van der Waals surface area contributed by atoms with Crippen LogP contribution in [0.2, 0.25) is 0 Å². The maximum Gasteiger partial charge on any atom is 0.324 e. The molecule has 2 N–H and O–H groups in total. The quantitative estimate of drug-likeness (QED) is 0.812. The molecule has 0 aromatic carbocycles. The van der Waals surface area contributed by atoms with Gasteiger partial charge in [0.25, 0.3) is 0 Å². The number of aliphatic carboxylic acids is 1. The van der Waals surface area contributed by atoms with Crippen molar-refractivity contribution in [2.45, 2.75) is 26.3 Å². The largest absolute Gasteiger partial charge is 0.480 e. The molecular weight excluding hydrogens is 251 g/mol. The van der Waals surface area contributed by atoms with E-state index in [1.165, 1.54) is 0 Å². The van der Waals surface area contributed by atoms with Crippen molar-refractivity contribution < 1.29 is 9.90 Å². The minimum atomic E-state index is -0.720. The average Bonchev–Trinajstić information content (AvgIpc) is 2.17. The molecule has 0 aromatic rings. The highest BCUT2D eigenvalue weighted by molar-refractivity contribution is 5.85. The Morgan fingerprint density at radius 3 is 2.06 bits per heavy atom. The van der Waals surface area contributed by atoms with Gasteiger partial charge in [0.1, 0.15) is 5.54 Å². The minimum Gasteiger partial charge on any atom is -0.480 e. The summed E-state index contributed by atoms with van der Waals surface area (Å²) in [5.41, 5.74) is -0.720. The molecule has 0 saturated carbocycles. The Bertz CT molecular complexity index is 221. The summed E-state index contributed by atoms with van der Waals surface area (Å²) in [6.07, 6.45) is 0. The summed E-state index contributed by atoms with van der Waals surface area (Å²) < 4.78 is 0. The number of carboxylic acid groups (broad SMARTS) is 1. The van der Waals surface area contributed by atoms with Crippen LogP contribution in [0, 0.1) is 5.92 Å². The molecule has 0 amide bonds. The second kappa shape index (κ2) is 7.33. The molecule has 1 saturated heterocycles. The Morgan fingerprint density at radius 2 is 1.75 bits per heavy atom. The molecule has 1 aliphatic heterocycles. The summed E-state index contributed by atoms with van der Waals surface area (Å²) in [6, 6.07) is 0. The lowest BCUT2D eigenvalue weighted by molar-refractivity contribution is -0.154. The molecule has 0 unspecified atom stereocenters. The third kappa shape index (κ3) is 3.48. The lowest BCUT2D eigenvalue weighted by Crippen LogP contribution is -2.61. The Kier molecular flexibility index (Phi) is 8.40. The van der Waals surface area contributed by atoms with Gasteiger partial charge in [-0.3, -0.25) is 9.69 Å². The monoisotopic (exact) mass is 272 g/mol. The molecule has 1 atom stereocenters. The molecular formula is C10H22Cl2N2O2. The normalized spacial score (nSPS) is 20.5. The predicted molar refractivity (Wildman–Crippen MR) is 69.8 cm³/mol. The van der Waals surface area contributed by atoms with Gasteiger partial charge in [0.2, 0.25) is 0 Å². The van der Waals surface area contributed by atoms with Gasteiger partial charge in [0.15, 0.2) is 0 Å². The van der Waals surface area contributed by atoms with Crippen LogP contribution in [0.5, 0.6) is 0 Å². The van der Waals surface area contributed by atoms with Crippen LogP contribution in [0.4, 0.5) is 0 Å². The van der Waals surface area contributed by atoms with Gasteiger partial charge in [-0.1, -0.05) is 13.8 Å². The molecule has 1 heterocycles. The lowest BCUT2D eigenvalue weighted by atomic mass is 9.86. The van der Waals surface area contributed by atoms with E-state index in [-0.39, 0.29) is 30.7 Å². The first-order valence-corrected chi connectivity index (χ1v) is 5.18. The zero-order valence-electron chi connectivity index (χ0n) is 10.0. The van der Waals surface area contributed by atoms with Crippen molar-refractivity contribution in [1.29, 1.82) is 0 Å². The Labute approximate surface area is 110 Å². The van der Waals surface area contributed by atoms with Crippen molar-refractivity contribution in [2.75, 3.05) is 26.2 Å². The third-order valence-corrected chi connectivity index (χ3v) is 3.33. The summed E-state index contributed by atoms with van der Waals surface area (Å²) in [4.78, 5) is 13.4. The standard InChI is InChI=1S/C10H20N2O2.2ClH/c1-8(2)10(3,9(13)14)12-6-4-11-5-7-12;;/h8,11H,4-7H2,1-3H3,(H,13,14);2*1H/t10-;;/m0../s1. The van der Waals surface area contributed by atoms with Crippen LogP contribution in [-0.2, 0) is 4.79 Å². The van der Waals surface area contributed by atoms with Crippen LogP contribution in [0.15, 0.2) is 0 Å². The maximum absolute atomic E-state index is 11.3. The molecule has 0 aromatic heterocycles. The Balaban J connectivity index is 0. The van der Waals surface area contributed by atoms with Gasteiger partial charge < -0.3 is 10.4 Å². The van der Waals surface area contributed by atoms with Crippen molar-refractivity contribution in [2.24, 2.45) is 5.92 Å². The number of hydrogen-bond donors (Lipinski definition) is 2. The van der Waals surface area contributed by atoms with Crippen molar-refractivity contribution in [3.63, 3.8) is 0 Å². The van der Waals surface area contributed by atoms with E-state index < -0.39 is 11.5 Å². The first kappa shape index (κ1) is 18.3. The highest BCUT2D eigenvalue weighted by Crippen LogP contribution is 2.25. The minimum absolute atomic E-state index is 0. The van der Waals surface area contributed by atoms with Gasteiger partial charge in [-0.25, -0.2) is 0 Å². The zero-order chi connectivity index (χ0) is 10.8. The van der Waals surface area contributed by atoms with Gasteiger partial charge in [0, 0.05) is 26.2 Å². The van der Waals surface area contributed by atoms with Crippen LogP contribution in [-0.4, -0.2) is 47.7 Å². The first-order valence-electron chi connectivity index (χ1n) is 5.18. The molecule has 0 spiro atoms. The predicted octanol–water partition coefficient (Wildman–Crippen LogP) is 1.23. The van der Waals surface area contributed by atoms with E-state index in [0.29, 0.717) is 0 Å². The molecule has 0 bridgehead atoms. The second-order valence-corrected chi connectivity index (χ2v) is 4.34. The number of rotatable bonds is 3. The Hall–Kier alpha value is -0.0300. The van der Waals surface area contributed by atoms with Crippen molar-refractivity contribution in [3.8, 4) is 0 Å². The van der Waals surface area contributed by atoms with E-state index in [0.717, 1.165) is 26.2 Å². The highest BCUT2D eigenvalue weighted by Gasteiger charge is 2.42. The van der Waals surface area contributed by atoms with Gasteiger partial charge in [-0.2, -0.15) is 0 Å². The highest BCUT2D eigenvalue weighted by atomic mass is 35.5. The van der Waals surface area contributed by atoms with Gasteiger partial charge in [0.05, 0.1) is 0 Å². The van der Waals surface area contributed by atoms with E-state index in [9.17, 15) is 9.90 Å². The van der Waals surface area contributed by atoms with E-state index >= 15 is 0 Å². The summed E-state index contributed by atoms with van der Waals surface area (Å²) in [5, 5.41) is 12.5. The molecule has 16 heavy (non-hydrogen) atoms. The SMILES string of the molecule is CC(C)[C@@](C)(C(=O)O)N1CCNCC1.Cl.Cl. The fourth-order valence-electron chi connectivity index (χ4n) is 1.88. The number of piperazine rings is 1. The number of nitrogens with one attached hydrogen (secondary N) is 1. The first-order chi connectivity index (χ1) is 6.49. The number of nitrogens with zero attached hydrogens (tertiary/aromatic N) is 1. The molecule has 1 fully saturated rings. The van der Waals surface area contributed by atoms with Crippen LogP contribution in [0.1, 0.15) is 20.8 Å². The molecule has 6 heteroatoms. The zero-order valence-corrected chi connectivity index (χ0v) is 11.7. The Morgan fingerprint density at radius 1 is 1.31 bits per heavy atom. The van der Waals surface area contributed by atoms with Gasteiger partial charge in [-0.15, -0.1) is 24.8 Å². The third-order valence-electron chi connectivity index (χ3n) is 3.33. The van der Waals surface area contributed by atoms with Crippen molar-refractivity contribution in [1.82, 2.24) is 10.2 Å². The second-order valence-electron chi connectivity index (χ2n) is 4.34. The number of carboxylic acids is 1. The number of hydrogen-bond acceptors (Lipinski definition) is 3. The summed E-state index contributed by atoms with van der Waals surface area (Å²) in [7, 11) is 0.